The summed E-state index contributed by atoms with van der Waals surface area (Å²) >= 11 is 0. The lowest BCUT2D eigenvalue weighted by molar-refractivity contribution is 0.472. The molecule has 1 aliphatic heterocycles. The minimum Gasteiger partial charge on any atom is -0.507 e. The molecule has 2 N–H and O–H groups in total. The molecular weight excluding hydrogens is 336 g/mol. The van der Waals surface area contributed by atoms with Gasteiger partial charge in [0.25, 0.3) is 0 Å². The quantitative estimate of drug-likeness (QED) is 0.885. The van der Waals surface area contributed by atoms with Crippen molar-refractivity contribution >= 4 is 27.0 Å². The van der Waals surface area contributed by atoms with Crippen molar-refractivity contribution in [3.8, 4) is 5.75 Å². The van der Waals surface area contributed by atoms with Crippen molar-refractivity contribution < 1.29 is 13.5 Å². The Morgan fingerprint density at radius 2 is 1.92 bits per heavy atom. The van der Waals surface area contributed by atoms with Crippen LogP contribution in [0.1, 0.15) is 22.3 Å². The van der Waals surface area contributed by atoms with Gasteiger partial charge in [0, 0.05) is 35.6 Å². The lowest BCUT2D eigenvalue weighted by atomic mass is 9.89. The van der Waals surface area contributed by atoms with Crippen LogP contribution in [-0.4, -0.2) is 31.7 Å². The largest absolute Gasteiger partial charge is 0.507 e. The van der Waals surface area contributed by atoms with Crippen molar-refractivity contribution in [2.75, 3.05) is 18.0 Å². The monoisotopic (exact) mass is 356 g/mol. The first-order valence-electron chi connectivity index (χ1n) is 7.72. The minimum atomic E-state index is -3.38. The zero-order valence-electron chi connectivity index (χ0n) is 14.4. The molecule has 0 aliphatic carbocycles. The Balaban J connectivity index is 2.19. The Labute approximate surface area is 148 Å². The van der Waals surface area contributed by atoms with Crippen molar-refractivity contribution in [2.45, 2.75) is 6.92 Å². The number of phenolic OH excluding ortho intramolecular Hbond substituents is 1. The van der Waals surface area contributed by atoms with Gasteiger partial charge in [-0.2, -0.15) is 0 Å². The van der Waals surface area contributed by atoms with Gasteiger partial charge in [-0.3, -0.25) is 4.72 Å². The van der Waals surface area contributed by atoms with Crippen LogP contribution in [0.3, 0.4) is 0 Å². The second-order valence-electron chi connectivity index (χ2n) is 6.20. The van der Waals surface area contributed by atoms with Crippen LogP contribution in [0.2, 0.25) is 0 Å². The van der Waals surface area contributed by atoms with Gasteiger partial charge in [-0.1, -0.05) is 30.8 Å². The fraction of sp³-hybridized carbons (Fsp3) is 0.158. The molecule has 5 nitrogen and oxygen atoms in total. The van der Waals surface area contributed by atoms with Crippen LogP contribution < -0.4 is 4.72 Å². The van der Waals surface area contributed by atoms with E-state index in [1.54, 1.807) is 18.2 Å². The fourth-order valence-corrected chi connectivity index (χ4v) is 3.53. The van der Waals surface area contributed by atoms with E-state index >= 15 is 0 Å². The summed E-state index contributed by atoms with van der Waals surface area (Å²) in [5.41, 5.74) is 5.28. The molecule has 130 valence electrons. The molecule has 2 aromatic carbocycles. The van der Waals surface area contributed by atoms with Crippen molar-refractivity contribution in [3.05, 3.63) is 71.4 Å². The molecule has 0 bridgehead atoms. The van der Waals surface area contributed by atoms with E-state index in [1.807, 2.05) is 43.3 Å². The van der Waals surface area contributed by atoms with E-state index in [2.05, 4.69) is 11.3 Å². The summed E-state index contributed by atoms with van der Waals surface area (Å²) in [5.74, 6) is 0.163. The van der Waals surface area contributed by atoms with Gasteiger partial charge < -0.3 is 10.0 Å². The molecule has 2 aromatic rings. The second-order valence-corrected chi connectivity index (χ2v) is 7.95. The average Bonchev–Trinajstić information content (AvgIpc) is 2.52. The molecule has 1 heterocycles. The first-order valence-corrected chi connectivity index (χ1v) is 9.61. The van der Waals surface area contributed by atoms with Crippen LogP contribution in [0.5, 0.6) is 5.75 Å². The fourth-order valence-electron chi connectivity index (χ4n) is 2.91. The molecule has 0 atom stereocenters. The van der Waals surface area contributed by atoms with Gasteiger partial charge in [0.05, 0.1) is 11.9 Å². The van der Waals surface area contributed by atoms with Gasteiger partial charge in [-0.15, -0.1) is 0 Å². The molecule has 6 heteroatoms. The van der Waals surface area contributed by atoms with E-state index in [9.17, 15) is 13.5 Å². The maximum atomic E-state index is 11.6. The van der Waals surface area contributed by atoms with E-state index < -0.39 is 10.0 Å². The number of sulfonamides is 1. The first kappa shape index (κ1) is 17.1. The van der Waals surface area contributed by atoms with Crippen LogP contribution in [0.4, 0.5) is 5.69 Å². The molecule has 0 spiro atoms. The van der Waals surface area contributed by atoms with Crippen molar-refractivity contribution in [3.63, 3.8) is 0 Å². The van der Waals surface area contributed by atoms with E-state index in [0.717, 1.165) is 34.2 Å². The Morgan fingerprint density at radius 3 is 2.60 bits per heavy atom. The molecule has 0 saturated carbocycles. The third-order valence-electron chi connectivity index (χ3n) is 4.22. The third-order valence-corrected chi connectivity index (χ3v) is 4.81. The number of aryl methyl sites for hydroxylation is 1. The molecular formula is C19H20N2O3S. The number of anilines is 1. The van der Waals surface area contributed by atoms with Gasteiger partial charge in [0.1, 0.15) is 5.75 Å². The summed E-state index contributed by atoms with van der Waals surface area (Å²) in [5, 5.41) is 10.4. The Morgan fingerprint density at radius 1 is 1.20 bits per heavy atom. The molecule has 0 radical (unpaired) electrons. The zero-order chi connectivity index (χ0) is 18.4. The first-order chi connectivity index (χ1) is 11.7. The summed E-state index contributed by atoms with van der Waals surface area (Å²) in [6, 6.07) is 10.9. The zero-order valence-corrected chi connectivity index (χ0v) is 15.2. The molecule has 0 saturated heterocycles. The van der Waals surface area contributed by atoms with Crippen LogP contribution in [-0.2, 0) is 10.0 Å². The van der Waals surface area contributed by atoms with Crippen LogP contribution in [0.25, 0.3) is 11.3 Å². The smallest absolute Gasteiger partial charge is 0.229 e. The Kier molecular flexibility index (Phi) is 4.08. The number of phenols is 1. The molecule has 0 amide bonds. The number of hydrogen-bond donors (Lipinski definition) is 2. The maximum Gasteiger partial charge on any atom is 0.229 e. The highest BCUT2D eigenvalue weighted by Gasteiger charge is 2.23. The predicted molar refractivity (Wildman–Crippen MR) is 102 cm³/mol. The predicted octanol–water partition coefficient (Wildman–Crippen LogP) is 3.38. The minimum absolute atomic E-state index is 0.163. The number of rotatable bonds is 3. The third kappa shape index (κ3) is 3.25. The number of fused-ring (bicyclic) bond motifs is 1. The number of nitrogens with one attached hydrogen (secondary N) is 1. The van der Waals surface area contributed by atoms with Gasteiger partial charge in [-0.05, 0) is 30.2 Å². The van der Waals surface area contributed by atoms with Crippen molar-refractivity contribution in [1.82, 2.24) is 4.90 Å². The van der Waals surface area contributed by atoms with E-state index in [0.29, 0.717) is 11.3 Å². The summed E-state index contributed by atoms with van der Waals surface area (Å²) in [6.45, 7) is 5.90. The summed E-state index contributed by atoms with van der Waals surface area (Å²) in [7, 11) is -1.49. The Bertz CT molecular complexity index is 1010. The molecule has 0 fully saturated rings. The van der Waals surface area contributed by atoms with Crippen molar-refractivity contribution in [2.24, 2.45) is 0 Å². The van der Waals surface area contributed by atoms with Crippen LogP contribution in [0.15, 0.2) is 49.2 Å². The topological polar surface area (TPSA) is 69.6 Å². The second kappa shape index (κ2) is 5.97. The molecule has 0 aromatic heterocycles. The molecule has 3 rings (SSSR count). The SMILES string of the molecule is C=C1c2cccc(O)c2C(c2ccc(C)c(NS(C)(=O)=O)c2)=CN1C. The summed E-state index contributed by atoms with van der Waals surface area (Å²) in [6.07, 6.45) is 3.01. The lowest BCUT2D eigenvalue weighted by Crippen LogP contribution is -2.16. The Hall–Kier alpha value is -2.73. The average molecular weight is 356 g/mol. The van der Waals surface area contributed by atoms with E-state index in [1.165, 1.54) is 0 Å². The standard InChI is InChI=1S/C19H20N2O3S/c1-12-8-9-14(10-17(12)20-25(4,23)24)16-11-21(3)13(2)15-6-5-7-18(22)19(15)16/h5-11,20,22H,2H2,1,3-4H3. The van der Waals surface area contributed by atoms with Crippen molar-refractivity contribution in [1.29, 1.82) is 0 Å². The number of hydrogen-bond acceptors (Lipinski definition) is 4. The lowest BCUT2D eigenvalue weighted by Gasteiger charge is -2.28. The normalized spacial score (nSPS) is 14.1. The van der Waals surface area contributed by atoms with Gasteiger partial charge in [-0.25, -0.2) is 8.42 Å². The van der Waals surface area contributed by atoms with Gasteiger partial charge in [0.15, 0.2) is 0 Å². The van der Waals surface area contributed by atoms with Crippen LogP contribution in [0, 0.1) is 6.92 Å². The van der Waals surface area contributed by atoms with Crippen LogP contribution >= 0.6 is 0 Å². The van der Waals surface area contributed by atoms with E-state index in [4.69, 9.17) is 0 Å². The number of nitrogens with zero attached hydrogens (tertiary/aromatic N) is 1. The van der Waals surface area contributed by atoms with Gasteiger partial charge in [0.2, 0.25) is 10.0 Å². The highest BCUT2D eigenvalue weighted by Crippen LogP contribution is 2.41. The molecule has 1 aliphatic rings. The summed E-state index contributed by atoms with van der Waals surface area (Å²) < 4.78 is 25.7. The highest BCUT2D eigenvalue weighted by molar-refractivity contribution is 7.92. The maximum absolute atomic E-state index is 11.6. The highest BCUT2D eigenvalue weighted by atomic mass is 32.2. The summed E-state index contributed by atoms with van der Waals surface area (Å²) in [4.78, 5) is 1.89. The molecule has 0 unspecified atom stereocenters. The number of aromatic hydroxyl groups is 1. The molecule has 25 heavy (non-hydrogen) atoms. The van der Waals surface area contributed by atoms with Gasteiger partial charge >= 0.3 is 0 Å². The van der Waals surface area contributed by atoms with E-state index in [-0.39, 0.29) is 5.75 Å². The number of benzene rings is 2.